The molecule has 0 spiro atoms. The molecule has 2 aromatic carbocycles. The van der Waals surface area contributed by atoms with Crippen LogP contribution in [0.4, 0.5) is 0 Å². The van der Waals surface area contributed by atoms with Gasteiger partial charge >= 0.3 is 0 Å². The third-order valence-corrected chi connectivity index (χ3v) is 3.82. The lowest BCUT2D eigenvalue weighted by Gasteiger charge is -2.03. The molecule has 4 rings (SSSR count). The molecule has 4 aromatic rings. The number of nitrogens with zero attached hydrogens (tertiary/aromatic N) is 2. The van der Waals surface area contributed by atoms with E-state index >= 15 is 0 Å². The lowest BCUT2D eigenvalue weighted by Crippen LogP contribution is -2.18. The van der Waals surface area contributed by atoms with Crippen LogP contribution in [-0.2, 0) is 0 Å². The second-order valence-corrected chi connectivity index (χ2v) is 5.52. The Hall–Kier alpha value is -2.08. The maximum atomic E-state index is 12.7. The van der Waals surface area contributed by atoms with Gasteiger partial charge in [-0.2, -0.15) is 0 Å². The van der Waals surface area contributed by atoms with Gasteiger partial charge in [-0.15, -0.1) is 0 Å². The van der Waals surface area contributed by atoms with Crippen LogP contribution in [0, 0.1) is 0 Å². The highest BCUT2D eigenvalue weighted by atomic mass is 79.9. The summed E-state index contributed by atoms with van der Waals surface area (Å²) in [6.07, 6.45) is 0. The van der Waals surface area contributed by atoms with Gasteiger partial charge in [-0.05, 0) is 18.2 Å². The first-order valence-electron chi connectivity index (χ1n) is 6.03. The zero-order valence-electron chi connectivity index (χ0n) is 10.2. The Kier molecular flexibility index (Phi) is 2.32. The third kappa shape index (κ3) is 1.48. The van der Waals surface area contributed by atoms with Crippen molar-refractivity contribution in [3.05, 3.63) is 51.2 Å². The molecular formula is C14H7BBrN3O. The van der Waals surface area contributed by atoms with Crippen LogP contribution in [0.2, 0.25) is 0 Å². The molecule has 0 fully saturated rings. The molecule has 0 aliphatic carbocycles. The standard InChI is InChI=1S/C14H7BBrN3O/c15-9-6-7(16)5-8-12(9)18-14-17-10-3-1-2-4-11(10)19(14)13(8)20/h1-6H,(H,17,18). The van der Waals surface area contributed by atoms with Gasteiger partial charge in [0.2, 0.25) is 5.78 Å². The number of hydrogen-bond acceptors (Lipinski definition) is 2. The zero-order chi connectivity index (χ0) is 13.9. The van der Waals surface area contributed by atoms with Gasteiger partial charge in [0.1, 0.15) is 7.85 Å². The smallest absolute Gasteiger partial charge is 0.267 e. The van der Waals surface area contributed by atoms with E-state index in [1.807, 2.05) is 24.3 Å². The van der Waals surface area contributed by atoms with Gasteiger partial charge in [-0.3, -0.25) is 4.79 Å². The van der Waals surface area contributed by atoms with Crippen molar-refractivity contribution in [3.8, 4) is 0 Å². The number of fused-ring (bicyclic) bond motifs is 4. The number of halogens is 1. The van der Waals surface area contributed by atoms with Crippen LogP contribution in [0.5, 0.6) is 0 Å². The average Bonchev–Trinajstić information content (AvgIpc) is 2.79. The first-order chi connectivity index (χ1) is 9.65. The summed E-state index contributed by atoms with van der Waals surface area (Å²) in [4.78, 5) is 20.3. The minimum atomic E-state index is -0.129. The van der Waals surface area contributed by atoms with Crippen molar-refractivity contribution >= 4 is 57.0 Å². The fourth-order valence-electron chi connectivity index (χ4n) is 2.48. The van der Waals surface area contributed by atoms with Gasteiger partial charge in [-0.1, -0.05) is 39.6 Å². The summed E-state index contributed by atoms with van der Waals surface area (Å²) in [6, 6.07) is 11.1. The Morgan fingerprint density at radius 1 is 1.25 bits per heavy atom. The molecule has 20 heavy (non-hydrogen) atoms. The molecule has 2 heterocycles. The average molecular weight is 324 g/mol. The van der Waals surface area contributed by atoms with Crippen molar-refractivity contribution in [1.29, 1.82) is 0 Å². The Morgan fingerprint density at radius 2 is 2.05 bits per heavy atom. The molecule has 1 N–H and O–H groups in total. The Morgan fingerprint density at radius 3 is 2.90 bits per heavy atom. The highest BCUT2D eigenvalue weighted by Crippen LogP contribution is 2.17. The molecule has 6 heteroatoms. The Labute approximate surface area is 123 Å². The van der Waals surface area contributed by atoms with Crippen LogP contribution < -0.4 is 11.0 Å². The molecule has 0 aliphatic rings. The maximum absolute atomic E-state index is 12.7. The third-order valence-electron chi connectivity index (χ3n) is 3.36. The molecule has 0 atom stereocenters. The summed E-state index contributed by atoms with van der Waals surface area (Å²) < 4.78 is 2.34. The van der Waals surface area contributed by atoms with Gasteiger partial charge in [0, 0.05) is 4.47 Å². The van der Waals surface area contributed by atoms with Crippen molar-refractivity contribution in [3.63, 3.8) is 0 Å². The monoisotopic (exact) mass is 323 g/mol. The predicted octanol–water partition coefficient (Wildman–Crippen LogP) is 1.89. The Balaban J connectivity index is 2.35. The van der Waals surface area contributed by atoms with E-state index in [-0.39, 0.29) is 5.56 Å². The van der Waals surface area contributed by atoms with Crippen LogP contribution in [0.25, 0.3) is 27.7 Å². The molecule has 0 aliphatic heterocycles. The zero-order valence-corrected chi connectivity index (χ0v) is 11.8. The summed E-state index contributed by atoms with van der Waals surface area (Å²) in [5, 5.41) is 0.499. The van der Waals surface area contributed by atoms with Gasteiger partial charge in [0.05, 0.1) is 21.9 Å². The van der Waals surface area contributed by atoms with Crippen LogP contribution in [0.3, 0.4) is 0 Å². The number of benzene rings is 2. The number of nitrogens with one attached hydrogen (secondary N) is 1. The summed E-state index contributed by atoms with van der Waals surface area (Å²) >= 11 is 3.36. The fraction of sp³-hybridized carbons (Fsp3) is 0. The summed E-state index contributed by atoms with van der Waals surface area (Å²) in [5.41, 5.74) is 2.54. The number of rotatable bonds is 0. The van der Waals surface area contributed by atoms with Gasteiger partial charge < -0.3 is 4.98 Å². The highest BCUT2D eigenvalue weighted by Gasteiger charge is 2.12. The normalized spacial score (nSPS) is 11.7. The Bertz CT molecular complexity index is 1050. The molecule has 0 amide bonds. The number of imidazole rings is 1. The van der Waals surface area contributed by atoms with Crippen molar-refractivity contribution in [2.45, 2.75) is 0 Å². The molecule has 0 bridgehead atoms. The lowest BCUT2D eigenvalue weighted by atomic mass is 9.94. The number of H-pyrrole nitrogens is 1. The summed E-state index contributed by atoms with van der Waals surface area (Å²) in [5.74, 6) is 0.498. The van der Waals surface area contributed by atoms with Crippen LogP contribution in [0.1, 0.15) is 0 Å². The second-order valence-electron chi connectivity index (χ2n) is 4.61. The molecule has 94 valence electrons. The van der Waals surface area contributed by atoms with Crippen LogP contribution in [0.15, 0.2) is 45.7 Å². The topological polar surface area (TPSA) is 50.2 Å². The van der Waals surface area contributed by atoms with E-state index in [0.29, 0.717) is 22.1 Å². The molecule has 0 saturated carbocycles. The van der Waals surface area contributed by atoms with Crippen molar-refractivity contribution < 1.29 is 0 Å². The highest BCUT2D eigenvalue weighted by molar-refractivity contribution is 9.10. The molecule has 2 aromatic heterocycles. The van der Waals surface area contributed by atoms with E-state index in [2.05, 4.69) is 25.9 Å². The summed E-state index contributed by atoms with van der Waals surface area (Å²) in [6.45, 7) is 0. The first kappa shape index (κ1) is 11.7. The van der Waals surface area contributed by atoms with E-state index in [0.717, 1.165) is 15.5 Å². The minimum absolute atomic E-state index is 0.129. The largest absolute Gasteiger partial charge is 0.323 e. The quantitative estimate of drug-likeness (QED) is 0.502. The van der Waals surface area contributed by atoms with Crippen molar-refractivity contribution in [2.75, 3.05) is 0 Å². The fourth-order valence-corrected chi connectivity index (χ4v) is 2.96. The van der Waals surface area contributed by atoms with E-state index in [1.165, 1.54) is 0 Å². The van der Waals surface area contributed by atoms with Crippen molar-refractivity contribution in [1.82, 2.24) is 14.4 Å². The molecular weight excluding hydrogens is 317 g/mol. The SMILES string of the molecule is [B]c1cc(Br)cc2c(=O)n3c(nc12)[nH]c1ccccc13. The predicted molar refractivity (Wildman–Crippen MR) is 83.9 cm³/mol. The number of aromatic nitrogens is 3. The van der Waals surface area contributed by atoms with Crippen LogP contribution >= 0.6 is 15.9 Å². The van der Waals surface area contributed by atoms with E-state index in [1.54, 1.807) is 16.5 Å². The minimum Gasteiger partial charge on any atom is -0.323 e. The molecule has 0 unspecified atom stereocenters. The maximum Gasteiger partial charge on any atom is 0.267 e. The number of para-hydroxylation sites is 2. The molecule has 0 saturated heterocycles. The van der Waals surface area contributed by atoms with Gasteiger partial charge in [0.15, 0.2) is 0 Å². The summed E-state index contributed by atoms with van der Waals surface area (Å²) in [7, 11) is 5.96. The van der Waals surface area contributed by atoms with Crippen molar-refractivity contribution in [2.24, 2.45) is 0 Å². The molecule has 2 radical (unpaired) electrons. The number of hydrogen-bond donors (Lipinski definition) is 1. The van der Waals surface area contributed by atoms with Gasteiger partial charge in [0.25, 0.3) is 5.56 Å². The molecule has 4 nitrogen and oxygen atoms in total. The van der Waals surface area contributed by atoms with Gasteiger partial charge in [-0.25, -0.2) is 9.38 Å². The van der Waals surface area contributed by atoms with E-state index in [9.17, 15) is 4.79 Å². The van der Waals surface area contributed by atoms with Crippen LogP contribution in [-0.4, -0.2) is 22.2 Å². The number of aromatic amines is 1. The second kappa shape index (κ2) is 3.96. The van der Waals surface area contributed by atoms with E-state index in [4.69, 9.17) is 7.85 Å². The lowest BCUT2D eigenvalue weighted by molar-refractivity contribution is 1.12. The first-order valence-corrected chi connectivity index (χ1v) is 6.82. The van der Waals surface area contributed by atoms with E-state index < -0.39 is 0 Å².